The maximum absolute atomic E-state index is 12.3. The fraction of sp³-hybridized carbons (Fsp3) is 0.588. The van der Waals surface area contributed by atoms with Gasteiger partial charge < -0.3 is 14.7 Å². The second kappa shape index (κ2) is 8.76. The summed E-state index contributed by atoms with van der Waals surface area (Å²) in [6, 6.07) is 4.77. The van der Waals surface area contributed by atoms with Crippen molar-refractivity contribution in [3.63, 3.8) is 0 Å². The van der Waals surface area contributed by atoms with Crippen molar-refractivity contribution in [3.05, 3.63) is 33.8 Å². The summed E-state index contributed by atoms with van der Waals surface area (Å²) in [6.07, 6.45) is 3.31. The van der Waals surface area contributed by atoms with E-state index in [0.29, 0.717) is 28.8 Å². The lowest BCUT2D eigenvalue weighted by atomic mass is 9.93. The van der Waals surface area contributed by atoms with Crippen molar-refractivity contribution >= 4 is 29.3 Å². The molecule has 1 unspecified atom stereocenters. The third-order valence-electron chi connectivity index (χ3n) is 4.16. The molecule has 1 aliphatic rings. The van der Waals surface area contributed by atoms with Gasteiger partial charge in [0.15, 0.2) is 0 Å². The Bertz CT molecular complexity index is 539. The molecule has 1 aromatic carbocycles. The van der Waals surface area contributed by atoms with Gasteiger partial charge in [0.2, 0.25) is 0 Å². The number of hydrogen-bond acceptors (Lipinski definition) is 3. The lowest BCUT2D eigenvalue weighted by Gasteiger charge is -2.37. The van der Waals surface area contributed by atoms with Gasteiger partial charge in [-0.1, -0.05) is 42.6 Å². The number of benzene rings is 1. The minimum atomic E-state index is -0.802. The SMILES string of the molecule is CCCCOC(=O)N1CCCC[C@H]1C(O)c1ccc(Cl)c(Cl)c1. The van der Waals surface area contributed by atoms with E-state index >= 15 is 0 Å². The molecular formula is C17H23Cl2NO3. The number of piperidine rings is 1. The smallest absolute Gasteiger partial charge is 0.410 e. The van der Waals surface area contributed by atoms with Crippen LogP contribution in [0.5, 0.6) is 0 Å². The highest BCUT2D eigenvalue weighted by molar-refractivity contribution is 6.42. The van der Waals surface area contributed by atoms with Crippen LogP contribution in [0.15, 0.2) is 18.2 Å². The average Bonchev–Trinajstić information content (AvgIpc) is 2.57. The molecule has 1 heterocycles. The summed E-state index contributed by atoms with van der Waals surface area (Å²) in [5, 5.41) is 11.5. The Morgan fingerprint density at radius 2 is 2.17 bits per heavy atom. The van der Waals surface area contributed by atoms with Crippen LogP contribution in [0.25, 0.3) is 0 Å². The fourth-order valence-electron chi connectivity index (χ4n) is 2.82. The molecule has 23 heavy (non-hydrogen) atoms. The first-order chi connectivity index (χ1) is 11.0. The summed E-state index contributed by atoms with van der Waals surface area (Å²) in [5.41, 5.74) is 0.664. The quantitative estimate of drug-likeness (QED) is 0.766. The topological polar surface area (TPSA) is 49.8 Å². The first kappa shape index (κ1) is 18.4. The number of hydrogen-bond donors (Lipinski definition) is 1. The molecule has 2 rings (SSSR count). The van der Waals surface area contributed by atoms with Gasteiger partial charge >= 0.3 is 6.09 Å². The number of ether oxygens (including phenoxy) is 1. The molecule has 0 bridgehead atoms. The van der Waals surface area contributed by atoms with Crippen LogP contribution in [0.2, 0.25) is 10.0 Å². The molecule has 4 nitrogen and oxygen atoms in total. The van der Waals surface area contributed by atoms with E-state index in [2.05, 4.69) is 0 Å². The molecule has 1 fully saturated rings. The summed E-state index contributed by atoms with van der Waals surface area (Å²) < 4.78 is 5.31. The van der Waals surface area contributed by atoms with Crippen LogP contribution in [0.3, 0.4) is 0 Å². The van der Waals surface area contributed by atoms with Gasteiger partial charge in [-0.3, -0.25) is 0 Å². The molecule has 6 heteroatoms. The van der Waals surface area contributed by atoms with E-state index in [-0.39, 0.29) is 12.1 Å². The molecule has 1 aromatic rings. The first-order valence-corrected chi connectivity index (χ1v) is 8.86. The number of unbranched alkanes of at least 4 members (excludes halogenated alkanes) is 1. The van der Waals surface area contributed by atoms with Crippen LogP contribution in [0.4, 0.5) is 4.79 Å². The highest BCUT2D eigenvalue weighted by Gasteiger charge is 2.33. The van der Waals surface area contributed by atoms with Crippen LogP contribution in [0.1, 0.15) is 50.7 Å². The standard InChI is InChI=1S/C17H23Cl2NO3/c1-2-3-10-23-17(22)20-9-5-4-6-15(20)16(21)12-7-8-13(18)14(19)11-12/h7-8,11,15-16,21H,2-6,9-10H2,1H3/t15-,16?/m0/s1. The Morgan fingerprint density at radius 1 is 1.39 bits per heavy atom. The zero-order valence-corrected chi connectivity index (χ0v) is 14.8. The Balaban J connectivity index is 2.10. The van der Waals surface area contributed by atoms with Crippen molar-refractivity contribution in [2.24, 2.45) is 0 Å². The third kappa shape index (κ3) is 4.75. The normalized spacial score (nSPS) is 19.5. The van der Waals surface area contributed by atoms with E-state index in [4.69, 9.17) is 27.9 Å². The van der Waals surface area contributed by atoms with Crippen molar-refractivity contribution in [2.45, 2.75) is 51.2 Å². The Hall–Kier alpha value is -0.970. The van der Waals surface area contributed by atoms with E-state index < -0.39 is 6.10 Å². The molecule has 0 saturated carbocycles. The van der Waals surface area contributed by atoms with Gasteiger partial charge in [0.25, 0.3) is 0 Å². The van der Waals surface area contributed by atoms with E-state index in [9.17, 15) is 9.90 Å². The zero-order valence-electron chi connectivity index (χ0n) is 13.3. The maximum Gasteiger partial charge on any atom is 0.410 e. The maximum atomic E-state index is 12.3. The summed E-state index contributed by atoms with van der Waals surface area (Å²) in [5.74, 6) is 0. The Morgan fingerprint density at radius 3 is 2.87 bits per heavy atom. The van der Waals surface area contributed by atoms with Gasteiger partial charge in [-0.15, -0.1) is 0 Å². The number of nitrogens with zero attached hydrogens (tertiary/aromatic N) is 1. The summed E-state index contributed by atoms with van der Waals surface area (Å²) in [6.45, 7) is 3.07. The number of amides is 1. The summed E-state index contributed by atoms with van der Waals surface area (Å²) >= 11 is 12.0. The van der Waals surface area contributed by atoms with Gasteiger partial charge in [0, 0.05) is 6.54 Å². The van der Waals surface area contributed by atoms with Crippen molar-refractivity contribution < 1.29 is 14.6 Å². The number of halogens is 2. The molecule has 0 spiro atoms. The largest absolute Gasteiger partial charge is 0.449 e. The lowest BCUT2D eigenvalue weighted by Crippen LogP contribution is -2.47. The minimum Gasteiger partial charge on any atom is -0.449 e. The van der Waals surface area contributed by atoms with E-state index in [1.54, 1.807) is 23.1 Å². The number of rotatable bonds is 5. The van der Waals surface area contributed by atoms with Gasteiger partial charge in [0.1, 0.15) is 0 Å². The van der Waals surface area contributed by atoms with Crippen molar-refractivity contribution in [2.75, 3.05) is 13.2 Å². The van der Waals surface area contributed by atoms with E-state index in [1.807, 2.05) is 6.92 Å². The fourth-order valence-corrected chi connectivity index (χ4v) is 3.12. The highest BCUT2D eigenvalue weighted by atomic mass is 35.5. The summed E-state index contributed by atoms with van der Waals surface area (Å²) in [4.78, 5) is 13.9. The molecule has 0 aliphatic carbocycles. The van der Waals surface area contributed by atoms with Crippen LogP contribution in [0, 0.1) is 0 Å². The number of aliphatic hydroxyl groups excluding tert-OH is 1. The predicted octanol–water partition coefficient (Wildman–Crippen LogP) is 4.82. The van der Waals surface area contributed by atoms with Crippen molar-refractivity contribution in [1.82, 2.24) is 4.90 Å². The molecule has 2 atom stereocenters. The molecule has 0 radical (unpaired) electrons. The predicted molar refractivity (Wildman–Crippen MR) is 92.0 cm³/mol. The molecular weight excluding hydrogens is 337 g/mol. The summed E-state index contributed by atoms with van der Waals surface area (Å²) in [7, 11) is 0. The van der Waals surface area contributed by atoms with Crippen molar-refractivity contribution in [1.29, 1.82) is 0 Å². The second-order valence-corrected chi connectivity index (χ2v) is 6.66. The average molecular weight is 360 g/mol. The highest BCUT2D eigenvalue weighted by Crippen LogP contribution is 2.32. The number of aliphatic hydroxyl groups is 1. The van der Waals surface area contributed by atoms with Crippen LogP contribution >= 0.6 is 23.2 Å². The lowest BCUT2D eigenvalue weighted by molar-refractivity contribution is 0.0156. The van der Waals surface area contributed by atoms with E-state index in [0.717, 1.165) is 32.1 Å². The van der Waals surface area contributed by atoms with Gasteiger partial charge in [-0.2, -0.15) is 0 Å². The number of carbonyl (C=O) groups excluding carboxylic acids is 1. The molecule has 1 amide bonds. The minimum absolute atomic E-state index is 0.296. The van der Waals surface area contributed by atoms with Crippen LogP contribution < -0.4 is 0 Å². The molecule has 0 aromatic heterocycles. The molecule has 1 aliphatic heterocycles. The van der Waals surface area contributed by atoms with Crippen molar-refractivity contribution in [3.8, 4) is 0 Å². The van der Waals surface area contributed by atoms with Crippen LogP contribution in [-0.4, -0.2) is 35.3 Å². The van der Waals surface area contributed by atoms with Gasteiger partial charge in [-0.25, -0.2) is 4.79 Å². The molecule has 1 N–H and O–H groups in total. The number of likely N-dealkylation sites (tertiary alicyclic amines) is 1. The third-order valence-corrected chi connectivity index (χ3v) is 4.90. The zero-order chi connectivity index (χ0) is 16.8. The molecule has 128 valence electrons. The molecule has 1 saturated heterocycles. The van der Waals surface area contributed by atoms with Gasteiger partial charge in [0.05, 0.1) is 28.8 Å². The van der Waals surface area contributed by atoms with Crippen LogP contribution in [-0.2, 0) is 4.74 Å². The Labute approximate surface area is 147 Å². The van der Waals surface area contributed by atoms with Gasteiger partial charge in [-0.05, 0) is 43.4 Å². The first-order valence-electron chi connectivity index (χ1n) is 8.11. The Kier molecular flexibility index (Phi) is 7.00. The van der Waals surface area contributed by atoms with E-state index in [1.165, 1.54) is 0 Å². The monoisotopic (exact) mass is 359 g/mol. The number of carbonyl (C=O) groups is 1. The second-order valence-electron chi connectivity index (χ2n) is 5.84.